The van der Waals surface area contributed by atoms with Gasteiger partial charge in [-0.3, -0.25) is 4.98 Å². The lowest BCUT2D eigenvalue weighted by Crippen LogP contribution is -2.23. The molecule has 0 bridgehead atoms. The summed E-state index contributed by atoms with van der Waals surface area (Å²) in [4.78, 5) is 19.5. The number of methoxy groups -OCH3 is 1. The van der Waals surface area contributed by atoms with Crippen LogP contribution in [0.5, 0.6) is 0 Å². The van der Waals surface area contributed by atoms with Crippen LogP contribution in [0.25, 0.3) is 0 Å². The van der Waals surface area contributed by atoms with Crippen molar-refractivity contribution in [1.29, 1.82) is 0 Å². The maximum Gasteiger partial charge on any atom is 0.358 e. The molecule has 0 spiro atoms. The van der Waals surface area contributed by atoms with Gasteiger partial charge in [-0.15, -0.1) is 0 Å². The Morgan fingerprint density at radius 2 is 2.29 bits per heavy atom. The van der Waals surface area contributed by atoms with E-state index in [2.05, 4.69) is 26.9 Å². The van der Waals surface area contributed by atoms with E-state index in [1.807, 2.05) is 0 Å². The van der Waals surface area contributed by atoms with Crippen molar-refractivity contribution >= 4 is 11.8 Å². The van der Waals surface area contributed by atoms with Crippen LogP contribution in [-0.4, -0.2) is 29.1 Å². The second kappa shape index (κ2) is 5.12. The maximum atomic E-state index is 11.3. The normalized spacial score (nSPS) is 23.4. The molecule has 1 heterocycles. The second-order valence-electron chi connectivity index (χ2n) is 4.44. The molecule has 92 valence electrons. The van der Waals surface area contributed by atoms with Crippen molar-refractivity contribution in [3.8, 4) is 0 Å². The molecule has 1 aromatic heterocycles. The molecule has 5 heteroatoms. The fourth-order valence-corrected chi connectivity index (χ4v) is 2.19. The Hall–Kier alpha value is -1.65. The molecule has 0 saturated heterocycles. The van der Waals surface area contributed by atoms with Gasteiger partial charge in [0.25, 0.3) is 0 Å². The monoisotopic (exact) mass is 235 g/mol. The predicted octanol–water partition coefficient (Wildman–Crippen LogP) is 1.86. The molecule has 5 nitrogen and oxygen atoms in total. The van der Waals surface area contributed by atoms with E-state index in [1.165, 1.54) is 26.1 Å². The summed E-state index contributed by atoms with van der Waals surface area (Å²) >= 11 is 0. The van der Waals surface area contributed by atoms with E-state index >= 15 is 0 Å². The second-order valence-corrected chi connectivity index (χ2v) is 4.44. The van der Waals surface area contributed by atoms with Gasteiger partial charge in [0.1, 0.15) is 5.82 Å². The van der Waals surface area contributed by atoms with Gasteiger partial charge in [-0.2, -0.15) is 0 Å². The lowest BCUT2D eigenvalue weighted by Gasteiger charge is -2.17. The standard InChI is InChI=1S/C12H17N3O2/c1-8-4-3-5-9(8)14-11-7-13-6-10(15-11)12(16)17-2/h6-9H,3-5H2,1-2H3,(H,14,15). The molecule has 1 N–H and O–H groups in total. The van der Waals surface area contributed by atoms with Gasteiger partial charge in [-0.25, -0.2) is 9.78 Å². The Kier molecular flexibility index (Phi) is 3.56. The molecule has 0 radical (unpaired) electrons. The molecule has 0 aliphatic heterocycles. The third-order valence-corrected chi connectivity index (χ3v) is 3.22. The van der Waals surface area contributed by atoms with Crippen LogP contribution in [0.1, 0.15) is 36.7 Å². The van der Waals surface area contributed by atoms with Gasteiger partial charge >= 0.3 is 5.97 Å². The summed E-state index contributed by atoms with van der Waals surface area (Å²) in [7, 11) is 1.34. The van der Waals surface area contributed by atoms with Crippen LogP contribution in [0.15, 0.2) is 12.4 Å². The zero-order chi connectivity index (χ0) is 12.3. The van der Waals surface area contributed by atoms with Gasteiger partial charge in [0.05, 0.1) is 19.5 Å². The highest BCUT2D eigenvalue weighted by atomic mass is 16.5. The first-order valence-corrected chi connectivity index (χ1v) is 5.87. The molecule has 2 unspecified atom stereocenters. The van der Waals surface area contributed by atoms with E-state index in [0.717, 1.165) is 6.42 Å². The van der Waals surface area contributed by atoms with Crippen molar-refractivity contribution in [2.75, 3.05) is 12.4 Å². The highest BCUT2D eigenvalue weighted by molar-refractivity contribution is 5.87. The molecule has 17 heavy (non-hydrogen) atoms. The molecule has 1 saturated carbocycles. The third kappa shape index (κ3) is 2.72. The molecular weight excluding hydrogens is 218 g/mol. The van der Waals surface area contributed by atoms with Gasteiger partial charge < -0.3 is 10.1 Å². The van der Waals surface area contributed by atoms with E-state index < -0.39 is 5.97 Å². The van der Waals surface area contributed by atoms with Crippen molar-refractivity contribution in [2.24, 2.45) is 5.92 Å². The van der Waals surface area contributed by atoms with Gasteiger partial charge in [0.15, 0.2) is 5.69 Å². The fourth-order valence-electron chi connectivity index (χ4n) is 2.19. The van der Waals surface area contributed by atoms with Crippen molar-refractivity contribution in [2.45, 2.75) is 32.2 Å². The molecular formula is C12H17N3O2. The van der Waals surface area contributed by atoms with Crippen LogP contribution in [0.2, 0.25) is 0 Å². The van der Waals surface area contributed by atoms with Crippen LogP contribution in [0.4, 0.5) is 5.82 Å². The van der Waals surface area contributed by atoms with E-state index in [0.29, 0.717) is 17.8 Å². The number of hydrogen-bond donors (Lipinski definition) is 1. The number of nitrogens with one attached hydrogen (secondary N) is 1. The maximum absolute atomic E-state index is 11.3. The summed E-state index contributed by atoms with van der Waals surface area (Å²) in [6.07, 6.45) is 6.67. The Balaban J connectivity index is 2.08. The summed E-state index contributed by atoms with van der Waals surface area (Å²) in [6, 6.07) is 0.428. The molecule has 0 aromatic carbocycles. The van der Waals surface area contributed by atoms with E-state index in [-0.39, 0.29) is 5.69 Å². The molecule has 1 aliphatic carbocycles. The Bertz CT molecular complexity index is 408. The molecule has 2 atom stereocenters. The molecule has 1 fully saturated rings. The van der Waals surface area contributed by atoms with Crippen LogP contribution in [-0.2, 0) is 4.74 Å². The van der Waals surface area contributed by atoms with Crippen molar-refractivity contribution in [3.05, 3.63) is 18.1 Å². The molecule has 1 aliphatic rings. The van der Waals surface area contributed by atoms with Crippen LogP contribution >= 0.6 is 0 Å². The number of rotatable bonds is 3. The number of ether oxygens (including phenoxy) is 1. The number of hydrogen-bond acceptors (Lipinski definition) is 5. The first-order chi connectivity index (χ1) is 8.20. The van der Waals surface area contributed by atoms with Crippen molar-refractivity contribution in [1.82, 2.24) is 9.97 Å². The van der Waals surface area contributed by atoms with Gasteiger partial charge in [-0.1, -0.05) is 13.3 Å². The number of anilines is 1. The summed E-state index contributed by atoms with van der Waals surface area (Å²) in [6.45, 7) is 2.22. The first kappa shape index (κ1) is 11.8. The Morgan fingerprint density at radius 1 is 1.47 bits per heavy atom. The summed E-state index contributed by atoms with van der Waals surface area (Å²) in [5.41, 5.74) is 0.239. The van der Waals surface area contributed by atoms with E-state index in [4.69, 9.17) is 0 Å². The van der Waals surface area contributed by atoms with Gasteiger partial charge in [0.2, 0.25) is 0 Å². The van der Waals surface area contributed by atoms with E-state index in [9.17, 15) is 4.79 Å². The number of nitrogens with zero attached hydrogens (tertiary/aromatic N) is 2. The quantitative estimate of drug-likeness (QED) is 0.810. The average molecular weight is 235 g/mol. The van der Waals surface area contributed by atoms with E-state index in [1.54, 1.807) is 6.20 Å². The Morgan fingerprint density at radius 3 is 2.94 bits per heavy atom. The van der Waals surface area contributed by atoms with Crippen molar-refractivity contribution in [3.63, 3.8) is 0 Å². The minimum Gasteiger partial charge on any atom is -0.464 e. The smallest absolute Gasteiger partial charge is 0.358 e. The predicted molar refractivity (Wildman–Crippen MR) is 63.8 cm³/mol. The largest absolute Gasteiger partial charge is 0.464 e. The highest BCUT2D eigenvalue weighted by Gasteiger charge is 2.23. The molecule has 2 rings (SSSR count). The number of esters is 1. The average Bonchev–Trinajstić information content (AvgIpc) is 2.74. The molecule has 1 aromatic rings. The molecule has 0 amide bonds. The third-order valence-electron chi connectivity index (χ3n) is 3.22. The lowest BCUT2D eigenvalue weighted by molar-refractivity contribution is 0.0593. The SMILES string of the molecule is COC(=O)c1cncc(NC2CCCC2C)n1. The number of aromatic nitrogens is 2. The van der Waals surface area contributed by atoms with Crippen LogP contribution < -0.4 is 5.32 Å². The zero-order valence-corrected chi connectivity index (χ0v) is 10.1. The summed E-state index contributed by atoms with van der Waals surface area (Å²) in [5.74, 6) is 0.825. The van der Waals surface area contributed by atoms with Crippen molar-refractivity contribution < 1.29 is 9.53 Å². The van der Waals surface area contributed by atoms with Gasteiger partial charge in [0, 0.05) is 6.04 Å². The highest BCUT2D eigenvalue weighted by Crippen LogP contribution is 2.27. The van der Waals surface area contributed by atoms with Crippen LogP contribution in [0.3, 0.4) is 0 Å². The fraction of sp³-hybridized carbons (Fsp3) is 0.583. The minimum atomic E-state index is -0.458. The summed E-state index contributed by atoms with van der Waals surface area (Å²) < 4.78 is 4.61. The van der Waals surface area contributed by atoms with Gasteiger partial charge in [-0.05, 0) is 18.8 Å². The Labute approximate surface area is 101 Å². The summed E-state index contributed by atoms with van der Waals surface area (Å²) in [5, 5.41) is 3.33. The topological polar surface area (TPSA) is 64.1 Å². The number of carbonyl (C=O) groups excluding carboxylic acids is 1. The lowest BCUT2D eigenvalue weighted by atomic mass is 10.1. The van der Waals surface area contributed by atoms with Crippen LogP contribution in [0, 0.1) is 5.92 Å². The minimum absolute atomic E-state index is 0.239. The number of carbonyl (C=O) groups is 1. The first-order valence-electron chi connectivity index (χ1n) is 5.87. The zero-order valence-electron chi connectivity index (χ0n) is 10.1.